The Morgan fingerprint density at radius 2 is 1.76 bits per heavy atom. The molecule has 4 nitrogen and oxygen atoms in total. The number of sulfonamides is 1. The molecule has 0 saturated carbocycles. The fraction of sp³-hybridized carbons (Fsp3) is 0.600. The molecule has 0 radical (unpaired) electrons. The summed E-state index contributed by atoms with van der Waals surface area (Å²) in [6.45, 7) is 10.2. The van der Waals surface area contributed by atoms with Crippen LogP contribution >= 0.6 is 11.6 Å². The van der Waals surface area contributed by atoms with Gasteiger partial charge in [-0.15, -0.1) is 0 Å². The average Bonchev–Trinajstić information content (AvgIpc) is 2.24. The zero-order chi connectivity index (χ0) is 16.5. The van der Waals surface area contributed by atoms with Crippen LogP contribution < -0.4 is 10.5 Å². The molecule has 0 spiro atoms. The van der Waals surface area contributed by atoms with E-state index in [-0.39, 0.29) is 16.9 Å². The lowest BCUT2D eigenvalue weighted by Crippen LogP contribution is -2.45. The summed E-state index contributed by atoms with van der Waals surface area (Å²) in [5.41, 5.74) is 5.67. The Kier molecular flexibility index (Phi) is 5.48. The van der Waals surface area contributed by atoms with E-state index in [2.05, 4.69) is 25.5 Å². The van der Waals surface area contributed by atoms with Gasteiger partial charge in [-0.05, 0) is 49.4 Å². The highest BCUT2D eigenvalue weighted by atomic mass is 35.5. The second-order valence-corrected chi connectivity index (χ2v) is 9.27. The largest absolute Gasteiger partial charge is 0.326 e. The lowest BCUT2D eigenvalue weighted by molar-refractivity contribution is 0.269. The quantitative estimate of drug-likeness (QED) is 0.869. The van der Waals surface area contributed by atoms with Crippen molar-refractivity contribution in [1.82, 2.24) is 4.72 Å². The van der Waals surface area contributed by atoms with Crippen molar-refractivity contribution in [3.05, 3.63) is 28.8 Å². The van der Waals surface area contributed by atoms with Gasteiger partial charge in [-0.2, -0.15) is 0 Å². The first-order chi connectivity index (χ1) is 9.36. The van der Waals surface area contributed by atoms with Crippen molar-refractivity contribution in [3.8, 4) is 0 Å². The smallest absolute Gasteiger partial charge is 0.241 e. The van der Waals surface area contributed by atoms with E-state index in [4.69, 9.17) is 17.3 Å². The van der Waals surface area contributed by atoms with E-state index >= 15 is 0 Å². The Labute approximate surface area is 133 Å². The summed E-state index contributed by atoms with van der Waals surface area (Å²) in [6, 6.07) is 4.59. The number of benzene rings is 1. The molecule has 0 atom stereocenters. The highest BCUT2D eigenvalue weighted by molar-refractivity contribution is 7.89. The van der Waals surface area contributed by atoms with E-state index in [0.717, 1.165) is 6.42 Å². The summed E-state index contributed by atoms with van der Waals surface area (Å²) >= 11 is 5.97. The van der Waals surface area contributed by atoms with E-state index in [1.54, 1.807) is 6.07 Å². The summed E-state index contributed by atoms with van der Waals surface area (Å²) in [5.74, 6) is 0. The van der Waals surface area contributed by atoms with Gasteiger partial charge >= 0.3 is 0 Å². The fourth-order valence-corrected chi connectivity index (χ4v) is 4.32. The SMILES string of the molecule is CC(C)(C)CC(C)(C)NS(=O)(=O)c1ccc(Cl)c(CN)c1. The second-order valence-electron chi connectivity index (χ2n) is 7.18. The third-order valence-corrected chi connectivity index (χ3v) is 4.99. The van der Waals surface area contributed by atoms with Gasteiger partial charge in [0.2, 0.25) is 10.0 Å². The summed E-state index contributed by atoms with van der Waals surface area (Å²) in [6.07, 6.45) is 0.719. The minimum absolute atomic E-state index is 0.0223. The molecule has 0 aliphatic carbocycles. The van der Waals surface area contributed by atoms with Gasteiger partial charge < -0.3 is 5.73 Å². The minimum Gasteiger partial charge on any atom is -0.326 e. The molecule has 0 amide bonds. The van der Waals surface area contributed by atoms with Crippen molar-refractivity contribution in [2.75, 3.05) is 0 Å². The molecule has 0 unspecified atom stereocenters. The maximum absolute atomic E-state index is 12.5. The van der Waals surface area contributed by atoms with Crippen LogP contribution in [0, 0.1) is 5.41 Å². The van der Waals surface area contributed by atoms with Gasteiger partial charge in [0, 0.05) is 17.1 Å². The van der Waals surface area contributed by atoms with Crippen LogP contribution in [0.3, 0.4) is 0 Å². The van der Waals surface area contributed by atoms with Crippen molar-refractivity contribution < 1.29 is 8.42 Å². The third-order valence-electron chi connectivity index (χ3n) is 2.93. The van der Waals surface area contributed by atoms with Crippen LogP contribution in [0.25, 0.3) is 0 Å². The maximum atomic E-state index is 12.5. The third kappa shape index (κ3) is 5.58. The summed E-state index contributed by atoms with van der Waals surface area (Å²) in [7, 11) is -3.60. The van der Waals surface area contributed by atoms with Crippen LogP contribution in [0.2, 0.25) is 5.02 Å². The van der Waals surface area contributed by atoms with Gasteiger partial charge in [0.25, 0.3) is 0 Å². The van der Waals surface area contributed by atoms with E-state index in [0.29, 0.717) is 10.6 Å². The molecule has 1 aromatic carbocycles. The maximum Gasteiger partial charge on any atom is 0.241 e. The van der Waals surface area contributed by atoms with E-state index in [1.807, 2.05) is 13.8 Å². The highest BCUT2D eigenvalue weighted by Crippen LogP contribution is 2.28. The predicted molar refractivity (Wildman–Crippen MR) is 87.8 cm³/mol. The van der Waals surface area contributed by atoms with Gasteiger partial charge in [0.15, 0.2) is 0 Å². The molecule has 0 heterocycles. The molecule has 0 aliphatic heterocycles. The van der Waals surface area contributed by atoms with Crippen molar-refractivity contribution in [2.24, 2.45) is 11.1 Å². The normalized spacial score (nSPS) is 13.5. The van der Waals surface area contributed by atoms with Crippen LogP contribution in [0.5, 0.6) is 0 Å². The van der Waals surface area contributed by atoms with E-state index < -0.39 is 15.6 Å². The molecule has 0 aromatic heterocycles. The Morgan fingerprint density at radius 3 is 2.24 bits per heavy atom. The first kappa shape index (κ1) is 18.4. The first-order valence-corrected chi connectivity index (χ1v) is 8.75. The Morgan fingerprint density at radius 1 is 1.19 bits per heavy atom. The Hall–Kier alpha value is -0.620. The lowest BCUT2D eigenvalue weighted by Gasteiger charge is -2.33. The van der Waals surface area contributed by atoms with Gasteiger partial charge in [-0.25, -0.2) is 13.1 Å². The van der Waals surface area contributed by atoms with Gasteiger partial charge in [0.05, 0.1) is 4.90 Å². The Balaban J connectivity index is 3.07. The van der Waals surface area contributed by atoms with E-state index in [1.165, 1.54) is 12.1 Å². The number of nitrogens with one attached hydrogen (secondary N) is 1. The van der Waals surface area contributed by atoms with Gasteiger partial charge in [0.1, 0.15) is 0 Å². The first-order valence-electron chi connectivity index (χ1n) is 6.89. The predicted octanol–water partition coefficient (Wildman–Crippen LogP) is 3.29. The van der Waals surface area contributed by atoms with Gasteiger partial charge in [-0.1, -0.05) is 32.4 Å². The van der Waals surface area contributed by atoms with Crippen LogP contribution in [-0.2, 0) is 16.6 Å². The molecule has 0 aliphatic rings. The van der Waals surface area contributed by atoms with E-state index in [9.17, 15) is 8.42 Å². The summed E-state index contributed by atoms with van der Waals surface area (Å²) < 4.78 is 27.8. The molecular formula is C15H25ClN2O2S. The lowest BCUT2D eigenvalue weighted by atomic mass is 9.82. The minimum atomic E-state index is -3.60. The molecule has 1 rings (SSSR count). The van der Waals surface area contributed by atoms with Crippen molar-refractivity contribution in [3.63, 3.8) is 0 Å². The molecule has 0 bridgehead atoms. The van der Waals surface area contributed by atoms with Crippen molar-refractivity contribution in [1.29, 1.82) is 0 Å². The molecule has 120 valence electrons. The van der Waals surface area contributed by atoms with Crippen LogP contribution in [0.1, 0.15) is 46.6 Å². The highest BCUT2D eigenvalue weighted by Gasteiger charge is 2.30. The van der Waals surface area contributed by atoms with Crippen LogP contribution in [0.4, 0.5) is 0 Å². The summed E-state index contributed by atoms with van der Waals surface area (Å²) in [5, 5.41) is 0.477. The topological polar surface area (TPSA) is 72.2 Å². The fourth-order valence-electron chi connectivity index (χ4n) is 2.66. The number of nitrogens with two attached hydrogens (primary N) is 1. The van der Waals surface area contributed by atoms with Crippen LogP contribution in [0.15, 0.2) is 23.1 Å². The van der Waals surface area contributed by atoms with Crippen LogP contribution in [-0.4, -0.2) is 14.0 Å². The standard InChI is InChI=1S/C15H25ClN2O2S/c1-14(2,3)10-15(4,5)18-21(19,20)12-6-7-13(16)11(8-12)9-17/h6-8,18H,9-10,17H2,1-5H3. The van der Waals surface area contributed by atoms with Crippen molar-refractivity contribution >= 4 is 21.6 Å². The molecule has 0 saturated heterocycles. The molecule has 21 heavy (non-hydrogen) atoms. The monoisotopic (exact) mass is 332 g/mol. The number of rotatable bonds is 5. The summed E-state index contributed by atoms with van der Waals surface area (Å²) in [4.78, 5) is 0.189. The molecule has 0 fully saturated rings. The number of hydrogen-bond donors (Lipinski definition) is 2. The molecular weight excluding hydrogens is 308 g/mol. The number of halogens is 1. The molecule has 6 heteroatoms. The molecule has 3 N–H and O–H groups in total. The Bertz CT molecular complexity index is 605. The average molecular weight is 333 g/mol. The van der Waals surface area contributed by atoms with Crippen molar-refractivity contribution in [2.45, 2.75) is 58.0 Å². The zero-order valence-electron chi connectivity index (χ0n) is 13.3. The number of hydrogen-bond acceptors (Lipinski definition) is 3. The molecule has 1 aromatic rings. The second kappa shape index (κ2) is 6.24. The van der Waals surface area contributed by atoms with Gasteiger partial charge in [-0.3, -0.25) is 0 Å². The zero-order valence-corrected chi connectivity index (χ0v) is 14.9.